The summed E-state index contributed by atoms with van der Waals surface area (Å²) in [5.74, 6) is -0.172. The van der Waals surface area contributed by atoms with E-state index in [0.717, 1.165) is 18.4 Å². The fourth-order valence-electron chi connectivity index (χ4n) is 3.12. The third-order valence-corrected chi connectivity index (χ3v) is 7.82. The van der Waals surface area contributed by atoms with Gasteiger partial charge in [-0.15, -0.1) is 0 Å². The zero-order valence-corrected chi connectivity index (χ0v) is 14.5. The molecule has 1 aliphatic carbocycles. The van der Waals surface area contributed by atoms with Gasteiger partial charge in [0.1, 0.15) is 5.82 Å². The molecule has 2 atom stereocenters. The van der Waals surface area contributed by atoms with Crippen LogP contribution in [0, 0.1) is 11.7 Å². The van der Waals surface area contributed by atoms with E-state index in [1.54, 1.807) is 12.1 Å². The lowest BCUT2D eigenvalue weighted by Gasteiger charge is -2.24. The molecule has 0 radical (unpaired) electrons. The highest BCUT2D eigenvalue weighted by Crippen LogP contribution is 2.40. The normalized spacial score (nSPS) is 29.9. The molecular weight excluding hydrogens is 351 g/mol. The van der Waals surface area contributed by atoms with E-state index in [1.807, 2.05) is 4.90 Å². The van der Waals surface area contributed by atoms with E-state index in [1.165, 1.54) is 23.9 Å². The SMILES string of the molecule is O=C(N=C1S[C@H]2CS(=O)(=O)C[C@@H]2N1Cc1ccc(F)cc1)C1CC1. The van der Waals surface area contributed by atoms with Gasteiger partial charge in [0.15, 0.2) is 15.0 Å². The van der Waals surface area contributed by atoms with Crippen LogP contribution in [0.25, 0.3) is 0 Å². The topological polar surface area (TPSA) is 66.8 Å². The lowest BCUT2D eigenvalue weighted by Crippen LogP contribution is -2.37. The van der Waals surface area contributed by atoms with Crippen molar-refractivity contribution in [2.45, 2.75) is 30.7 Å². The fourth-order valence-corrected chi connectivity index (χ4v) is 7.08. The summed E-state index contributed by atoms with van der Waals surface area (Å²) in [5, 5.41) is 0.530. The molecule has 0 N–H and O–H groups in total. The molecule has 1 aromatic carbocycles. The predicted molar refractivity (Wildman–Crippen MR) is 90.9 cm³/mol. The highest BCUT2D eigenvalue weighted by molar-refractivity contribution is 8.15. The van der Waals surface area contributed by atoms with Crippen LogP contribution in [0.1, 0.15) is 18.4 Å². The largest absolute Gasteiger partial charge is 0.342 e. The molecule has 2 heterocycles. The maximum atomic E-state index is 13.1. The Morgan fingerprint density at radius 1 is 1.25 bits per heavy atom. The van der Waals surface area contributed by atoms with E-state index in [-0.39, 0.29) is 40.4 Å². The van der Waals surface area contributed by atoms with E-state index in [9.17, 15) is 17.6 Å². The van der Waals surface area contributed by atoms with Gasteiger partial charge in [0.25, 0.3) is 5.91 Å². The number of amidine groups is 1. The molecule has 0 spiro atoms. The van der Waals surface area contributed by atoms with Crippen molar-refractivity contribution in [1.82, 2.24) is 4.90 Å². The van der Waals surface area contributed by atoms with Crippen molar-refractivity contribution in [2.24, 2.45) is 10.9 Å². The summed E-state index contributed by atoms with van der Waals surface area (Å²) in [5.41, 5.74) is 0.869. The molecular formula is C16H17FN2O3S2. The molecule has 2 aliphatic heterocycles. The van der Waals surface area contributed by atoms with Gasteiger partial charge in [-0.25, -0.2) is 12.8 Å². The number of carbonyl (C=O) groups is 1. The summed E-state index contributed by atoms with van der Waals surface area (Å²) >= 11 is 1.39. The van der Waals surface area contributed by atoms with Gasteiger partial charge < -0.3 is 4.90 Å². The maximum Gasteiger partial charge on any atom is 0.251 e. The second kappa shape index (κ2) is 5.84. The van der Waals surface area contributed by atoms with Crippen LogP contribution in [0.2, 0.25) is 0 Å². The number of benzene rings is 1. The fraction of sp³-hybridized carbons (Fsp3) is 0.500. The Balaban J connectivity index is 1.61. The molecule has 2 saturated heterocycles. The minimum absolute atomic E-state index is 0.0370. The van der Waals surface area contributed by atoms with Crippen LogP contribution in [-0.4, -0.2) is 47.2 Å². The Morgan fingerprint density at radius 2 is 1.96 bits per heavy atom. The van der Waals surface area contributed by atoms with Gasteiger partial charge in [-0.3, -0.25) is 4.79 Å². The van der Waals surface area contributed by atoms with Gasteiger partial charge in [0.05, 0.1) is 17.5 Å². The Bertz CT molecular complexity index is 803. The highest BCUT2D eigenvalue weighted by atomic mass is 32.2. The first-order valence-electron chi connectivity index (χ1n) is 7.92. The number of amides is 1. The third-order valence-electron chi connectivity index (χ3n) is 4.57. The molecule has 1 saturated carbocycles. The molecule has 1 amide bonds. The van der Waals surface area contributed by atoms with Crippen molar-refractivity contribution < 1.29 is 17.6 Å². The number of hydrogen-bond donors (Lipinski definition) is 0. The first-order chi connectivity index (χ1) is 11.4. The molecule has 8 heteroatoms. The Labute approximate surface area is 144 Å². The zero-order valence-electron chi connectivity index (χ0n) is 12.9. The van der Waals surface area contributed by atoms with Crippen molar-refractivity contribution in [3.8, 4) is 0 Å². The quantitative estimate of drug-likeness (QED) is 0.814. The Hall–Kier alpha value is -1.41. The zero-order chi connectivity index (χ0) is 16.9. The van der Waals surface area contributed by atoms with Crippen LogP contribution in [-0.2, 0) is 21.2 Å². The van der Waals surface area contributed by atoms with Crippen LogP contribution in [0.5, 0.6) is 0 Å². The molecule has 0 unspecified atom stereocenters. The summed E-state index contributed by atoms with van der Waals surface area (Å²) in [6, 6.07) is 5.95. The summed E-state index contributed by atoms with van der Waals surface area (Å²) in [6.07, 6.45) is 1.78. The van der Waals surface area contributed by atoms with E-state index >= 15 is 0 Å². The number of sulfone groups is 1. The van der Waals surface area contributed by atoms with Gasteiger partial charge in [-0.2, -0.15) is 4.99 Å². The molecule has 0 aromatic heterocycles. The number of hydrogen-bond acceptors (Lipinski definition) is 4. The summed E-state index contributed by atoms with van der Waals surface area (Å²) < 4.78 is 37.0. The summed E-state index contributed by atoms with van der Waals surface area (Å²) in [7, 11) is -3.06. The van der Waals surface area contributed by atoms with Crippen LogP contribution in [0.15, 0.2) is 29.3 Å². The van der Waals surface area contributed by atoms with Gasteiger partial charge >= 0.3 is 0 Å². The van der Waals surface area contributed by atoms with Crippen molar-refractivity contribution in [3.05, 3.63) is 35.6 Å². The number of nitrogens with zero attached hydrogens (tertiary/aromatic N) is 2. The lowest BCUT2D eigenvalue weighted by molar-refractivity contribution is -0.118. The Kier molecular flexibility index (Phi) is 3.91. The number of rotatable bonds is 3. The van der Waals surface area contributed by atoms with E-state index in [0.29, 0.717) is 11.7 Å². The average molecular weight is 368 g/mol. The molecule has 0 bridgehead atoms. The monoisotopic (exact) mass is 368 g/mol. The number of thioether (sulfide) groups is 1. The van der Waals surface area contributed by atoms with Crippen molar-refractivity contribution in [3.63, 3.8) is 0 Å². The predicted octanol–water partition coefficient (Wildman–Crippen LogP) is 1.83. The molecule has 5 nitrogen and oxygen atoms in total. The minimum atomic E-state index is -3.06. The molecule has 4 rings (SSSR count). The standard InChI is InChI=1S/C16H17FN2O3S2/c17-12-5-1-10(2-6-12)7-19-13-8-24(21,22)9-14(13)23-16(19)18-15(20)11-3-4-11/h1-2,5-6,11,13-14H,3-4,7-9H2/t13-,14-/m0/s1. The molecule has 3 fully saturated rings. The van der Waals surface area contributed by atoms with Crippen LogP contribution in [0.4, 0.5) is 4.39 Å². The van der Waals surface area contributed by atoms with Crippen LogP contribution >= 0.6 is 11.8 Å². The minimum Gasteiger partial charge on any atom is -0.342 e. The first-order valence-corrected chi connectivity index (χ1v) is 10.6. The van der Waals surface area contributed by atoms with Crippen molar-refractivity contribution in [2.75, 3.05) is 11.5 Å². The number of halogens is 1. The molecule has 3 aliphatic rings. The molecule has 1 aromatic rings. The maximum absolute atomic E-state index is 13.1. The molecule has 128 valence electrons. The van der Waals surface area contributed by atoms with E-state index in [4.69, 9.17) is 0 Å². The van der Waals surface area contributed by atoms with E-state index in [2.05, 4.69) is 4.99 Å². The van der Waals surface area contributed by atoms with Gasteiger partial charge in [0, 0.05) is 17.7 Å². The second-order valence-corrected chi connectivity index (χ2v) is 9.92. The smallest absolute Gasteiger partial charge is 0.251 e. The highest BCUT2D eigenvalue weighted by Gasteiger charge is 2.49. The van der Waals surface area contributed by atoms with Crippen LogP contribution in [0.3, 0.4) is 0 Å². The first kappa shape index (κ1) is 16.1. The van der Waals surface area contributed by atoms with Gasteiger partial charge in [-0.05, 0) is 30.5 Å². The van der Waals surface area contributed by atoms with Gasteiger partial charge in [-0.1, -0.05) is 23.9 Å². The molecule has 24 heavy (non-hydrogen) atoms. The lowest BCUT2D eigenvalue weighted by atomic mass is 10.1. The summed E-state index contributed by atoms with van der Waals surface area (Å²) in [4.78, 5) is 18.2. The van der Waals surface area contributed by atoms with Crippen LogP contribution < -0.4 is 0 Å². The van der Waals surface area contributed by atoms with Crippen molar-refractivity contribution >= 4 is 32.7 Å². The van der Waals surface area contributed by atoms with Crippen molar-refractivity contribution in [1.29, 1.82) is 0 Å². The number of fused-ring (bicyclic) bond motifs is 1. The number of aliphatic imine (C=N–C) groups is 1. The second-order valence-electron chi connectivity index (χ2n) is 6.56. The van der Waals surface area contributed by atoms with E-state index < -0.39 is 9.84 Å². The Morgan fingerprint density at radius 3 is 2.62 bits per heavy atom. The van der Waals surface area contributed by atoms with Gasteiger partial charge in [0.2, 0.25) is 0 Å². The average Bonchev–Trinajstić information content (AvgIpc) is 3.26. The summed E-state index contributed by atoms with van der Waals surface area (Å²) in [6.45, 7) is 0.431. The third kappa shape index (κ3) is 3.21. The number of carbonyl (C=O) groups excluding carboxylic acids is 1.